The van der Waals surface area contributed by atoms with Crippen LogP contribution in [-0.2, 0) is 23.1 Å². The van der Waals surface area contributed by atoms with E-state index in [4.69, 9.17) is 4.74 Å². The standard InChI is InChI=1S/C18H21N3O3/c1-13-8-16(19-20(13)2)18(23)24-12-15-9-17(22)21(11-15)10-14-6-4-3-5-7-14/h3-8,15H,9-12H2,1-2H3/t15-/m0/s1. The highest BCUT2D eigenvalue weighted by Gasteiger charge is 2.30. The predicted molar refractivity (Wildman–Crippen MR) is 88.2 cm³/mol. The fourth-order valence-corrected chi connectivity index (χ4v) is 2.85. The van der Waals surface area contributed by atoms with E-state index in [0.29, 0.717) is 25.2 Å². The lowest BCUT2D eigenvalue weighted by molar-refractivity contribution is -0.128. The molecule has 1 atom stereocenters. The topological polar surface area (TPSA) is 64.4 Å². The SMILES string of the molecule is Cc1cc(C(=O)OC[C@H]2CC(=O)N(Cc3ccccc3)C2)nn1C. The molecule has 1 aromatic carbocycles. The first-order valence-electron chi connectivity index (χ1n) is 8.02. The first-order chi connectivity index (χ1) is 11.5. The van der Waals surface area contributed by atoms with Gasteiger partial charge in [-0.1, -0.05) is 30.3 Å². The molecule has 126 valence electrons. The molecule has 1 aromatic heterocycles. The number of carbonyl (C=O) groups is 2. The van der Waals surface area contributed by atoms with Gasteiger partial charge in [-0.25, -0.2) is 4.79 Å². The Balaban J connectivity index is 1.52. The van der Waals surface area contributed by atoms with Crippen LogP contribution in [0.4, 0.5) is 0 Å². The highest BCUT2D eigenvalue weighted by atomic mass is 16.5. The Morgan fingerprint density at radius 2 is 2.08 bits per heavy atom. The van der Waals surface area contributed by atoms with E-state index in [1.165, 1.54) is 0 Å². The van der Waals surface area contributed by atoms with Crippen molar-refractivity contribution in [3.8, 4) is 0 Å². The summed E-state index contributed by atoms with van der Waals surface area (Å²) in [5, 5.41) is 4.11. The quantitative estimate of drug-likeness (QED) is 0.787. The van der Waals surface area contributed by atoms with Crippen molar-refractivity contribution in [3.63, 3.8) is 0 Å². The Labute approximate surface area is 141 Å². The lowest BCUT2D eigenvalue weighted by Gasteiger charge is -2.16. The van der Waals surface area contributed by atoms with E-state index in [9.17, 15) is 9.59 Å². The van der Waals surface area contributed by atoms with Crippen LogP contribution in [0.5, 0.6) is 0 Å². The highest BCUT2D eigenvalue weighted by Crippen LogP contribution is 2.21. The van der Waals surface area contributed by atoms with Crippen molar-refractivity contribution in [1.82, 2.24) is 14.7 Å². The van der Waals surface area contributed by atoms with Crippen LogP contribution in [0.25, 0.3) is 0 Å². The number of benzene rings is 1. The van der Waals surface area contributed by atoms with E-state index in [1.54, 1.807) is 17.8 Å². The maximum Gasteiger partial charge on any atom is 0.358 e. The zero-order valence-electron chi connectivity index (χ0n) is 13.9. The monoisotopic (exact) mass is 327 g/mol. The zero-order chi connectivity index (χ0) is 17.1. The van der Waals surface area contributed by atoms with Crippen molar-refractivity contribution in [3.05, 3.63) is 53.3 Å². The van der Waals surface area contributed by atoms with Crippen molar-refractivity contribution < 1.29 is 14.3 Å². The number of esters is 1. The Morgan fingerprint density at radius 1 is 1.33 bits per heavy atom. The third-order valence-corrected chi connectivity index (χ3v) is 4.28. The van der Waals surface area contributed by atoms with Crippen LogP contribution in [0.3, 0.4) is 0 Å². The number of ether oxygens (including phenoxy) is 1. The molecule has 0 spiro atoms. The Hall–Kier alpha value is -2.63. The minimum Gasteiger partial charge on any atom is -0.461 e. The van der Waals surface area contributed by atoms with E-state index in [1.807, 2.05) is 42.2 Å². The first-order valence-corrected chi connectivity index (χ1v) is 8.02. The highest BCUT2D eigenvalue weighted by molar-refractivity contribution is 5.87. The van der Waals surface area contributed by atoms with Gasteiger partial charge in [0.15, 0.2) is 5.69 Å². The number of carbonyl (C=O) groups excluding carboxylic acids is 2. The van der Waals surface area contributed by atoms with Gasteiger partial charge in [0.25, 0.3) is 0 Å². The summed E-state index contributed by atoms with van der Waals surface area (Å²) >= 11 is 0. The fourth-order valence-electron chi connectivity index (χ4n) is 2.85. The van der Waals surface area contributed by atoms with E-state index < -0.39 is 5.97 Å². The van der Waals surface area contributed by atoms with E-state index in [0.717, 1.165) is 11.3 Å². The lowest BCUT2D eigenvalue weighted by Crippen LogP contribution is -2.25. The zero-order valence-corrected chi connectivity index (χ0v) is 13.9. The molecular weight excluding hydrogens is 306 g/mol. The summed E-state index contributed by atoms with van der Waals surface area (Å²) in [5.74, 6) is -0.295. The van der Waals surface area contributed by atoms with Gasteiger partial charge in [0.2, 0.25) is 5.91 Å². The van der Waals surface area contributed by atoms with Gasteiger partial charge in [-0.2, -0.15) is 5.10 Å². The molecule has 1 fully saturated rings. The normalized spacial score (nSPS) is 17.3. The van der Waals surface area contributed by atoms with Gasteiger partial charge >= 0.3 is 5.97 Å². The number of hydrogen-bond donors (Lipinski definition) is 0. The van der Waals surface area contributed by atoms with Crippen molar-refractivity contribution in [1.29, 1.82) is 0 Å². The van der Waals surface area contributed by atoms with Crippen molar-refractivity contribution in [2.75, 3.05) is 13.2 Å². The largest absolute Gasteiger partial charge is 0.461 e. The summed E-state index contributed by atoms with van der Waals surface area (Å²) in [5.41, 5.74) is 2.31. The number of amides is 1. The second-order valence-corrected chi connectivity index (χ2v) is 6.22. The third kappa shape index (κ3) is 3.64. The average Bonchev–Trinajstić information content (AvgIpc) is 3.09. The van der Waals surface area contributed by atoms with Gasteiger partial charge in [0, 0.05) is 38.2 Å². The number of likely N-dealkylation sites (tertiary alicyclic amines) is 1. The summed E-state index contributed by atoms with van der Waals surface area (Å²) in [6, 6.07) is 11.6. The van der Waals surface area contributed by atoms with Crippen LogP contribution in [0.15, 0.2) is 36.4 Å². The van der Waals surface area contributed by atoms with Crippen LogP contribution in [0.2, 0.25) is 0 Å². The lowest BCUT2D eigenvalue weighted by atomic mass is 10.1. The second kappa shape index (κ2) is 6.86. The van der Waals surface area contributed by atoms with Crippen LogP contribution in [-0.4, -0.2) is 39.7 Å². The molecule has 0 aliphatic carbocycles. The number of nitrogens with zero attached hydrogens (tertiary/aromatic N) is 3. The van der Waals surface area contributed by atoms with Crippen molar-refractivity contribution in [2.24, 2.45) is 13.0 Å². The molecule has 1 saturated heterocycles. The summed E-state index contributed by atoms with van der Waals surface area (Å²) in [7, 11) is 1.78. The molecule has 2 aromatic rings. The molecule has 1 aliphatic rings. The van der Waals surface area contributed by atoms with E-state index in [-0.39, 0.29) is 18.4 Å². The van der Waals surface area contributed by atoms with Gasteiger partial charge in [0.05, 0.1) is 6.61 Å². The molecule has 6 nitrogen and oxygen atoms in total. The molecule has 3 rings (SSSR count). The molecule has 0 bridgehead atoms. The molecule has 2 heterocycles. The molecule has 0 N–H and O–H groups in total. The van der Waals surface area contributed by atoms with Crippen LogP contribution in [0.1, 0.15) is 28.2 Å². The molecule has 0 radical (unpaired) electrons. The molecule has 0 saturated carbocycles. The summed E-state index contributed by atoms with van der Waals surface area (Å²) in [6.07, 6.45) is 0.418. The number of aromatic nitrogens is 2. The molecule has 6 heteroatoms. The van der Waals surface area contributed by atoms with Crippen LogP contribution >= 0.6 is 0 Å². The van der Waals surface area contributed by atoms with Gasteiger partial charge in [-0.05, 0) is 18.6 Å². The minimum atomic E-state index is -0.437. The summed E-state index contributed by atoms with van der Waals surface area (Å²) in [6.45, 7) is 3.33. The number of hydrogen-bond acceptors (Lipinski definition) is 4. The van der Waals surface area contributed by atoms with Crippen LogP contribution in [0, 0.1) is 12.8 Å². The predicted octanol–water partition coefficient (Wildman–Crippen LogP) is 1.93. The number of rotatable bonds is 5. The summed E-state index contributed by atoms with van der Waals surface area (Å²) < 4.78 is 6.97. The molecule has 0 unspecified atom stereocenters. The van der Waals surface area contributed by atoms with Crippen molar-refractivity contribution in [2.45, 2.75) is 19.9 Å². The molecule has 24 heavy (non-hydrogen) atoms. The van der Waals surface area contributed by atoms with Crippen molar-refractivity contribution >= 4 is 11.9 Å². The molecular formula is C18H21N3O3. The maximum atomic E-state index is 12.1. The van der Waals surface area contributed by atoms with Gasteiger partial charge in [0.1, 0.15) is 0 Å². The maximum absolute atomic E-state index is 12.1. The Bertz CT molecular complexity index is 720. The molecule has 1 aliphatic heterocycles. The fraction of sp³-hybridized carbons (Fsp3) is 0.389. The smallest absolute Gasteiger partial charge is 0.358 e. The second-order valence-electron chi connectivity index (χ2n) is 6.22. The van der Waals surface area contributed by atoms with Gasteiger partial charge in [-0.3, -0.25) is 9.48 Å². The van der Waals surface area contributed by atoms with Crippen LogP contribution < -0.4 is 0 Å². The van der Waals surface area contributed by atoms with E-state index in [2.05, 4.69) is 5.10 Å². The van der Waals surface area contributed by atoms with E-state index >= 15 is 0 Å². The van der Waals surface area contributed by atoms with Gasteiger partial charge in [-0.15, -0.1) is 0 Å². The number of aryl methyl sites for hydroxylation is 2. The molecule has 1 amide bonds. The minimum absolute atomic E-state index is 0.0370. The van der Waals surface area contributed by atoms with Gasteiger partial charge < -0.3 is 9.64 Å². The Kier molecular flexibility index (Phi) is 4.64. The third-order valence-electron chi connectivity index (χ3n) is 4.28. The average molecular weight is 327 g/mol. The first kappa shape index (κ1) is 16.2. The summed E-state index contributed by atoms with van der Waals surface area (Å²) in [4.78, 5) is 26.0. The Morgan fingerprint density at radius 3 is 2.75 bits per heavy atom.